The van der Waals surface area contributed by atoms with Crippen molar-refractivity contribution in [2.45, 2.75) is 46.6 Å². The number of rotatable bonds is 6. The number of aliphatic hydroxyl groups excluding tert-OH is 1. The predicted octanol–water partition coefficient (Wildman–Crippen LogP) is 3.24. The lowest BCUT2D eigenvalue weighted by molar-refractivity contribution is -0.139. The Labute approximate surface area is 120 Å². The van der Waals surface area contributed by atoms with Crippen LogP contribution in [0.3, 0.4) is 0 Å². The summed E-state index contributed by atoms with van der Waals surface area (Å²) < 4.78 is 5.30. The van der Waals surface area contributed by atoms with Crippen LogP contribution in [0.25, 0.3) is 0 Å². The molecule has 1 rings (SSSR count). The maximum absolute atomic E-state index is 10.8. The molecule has 0 aromatic heterocycles. The van der Waals surface area contributed by atoms with Gasteiger partial charge in [0.25, 0.3) is 0 Å². The van der Waals surface area contributed by atoms with Crippen molar-refractivity contribution in [2.75, 3.05) is 7.11 Å². The molecule has 0 bridgehead atoms. The molecule has 0 amide bonds. The monoisotopic (exact) mass is 280 g/mol. The topological polar surface area (TPSA) is 66.8 Å². The fourth-order valence-electron chi connectivity index (χ4n) is 2.62. The van der Waals surface area contributed by atoms with E-state index in [0.29, 0.717) is 6.42 Å². The molecule has 0 heterocycles. The van der Waals surface area contributed by atoms with Crippen LogP contribution >= 0.6 is 0 Å². The molecule has 0 radical (unpaired) electrons. The van der Waals surface area contributed by atoms with Crippen molar-refractivity contribution >= 4 is 5.97 Å². The fourth-order valence-corrected chi connectivity index (χ4v) is 2.62. The summed E-state index contributed by atoms with van der Waals surface area (Å²) in [6.45, 7) is 7.58. The van der Waals surface area contributed by atoms with Crippen LogP contribution in [-0.4, -0.2) is 23.3 Å². The van der Waals surface area contributed by atoms with Gasteiger partial charge in [0, 0.05) is 0 Å². The van der Waals surface area contributed by atoms with E-state index in [-0.39, 0.29) is 6.42 Å². The van der Waals surface area contributed by atoms with E-state index in [1.54, 1.807) is 7.11 Å². The molecule has 0 saturated heterocycles. The summed E-state index contributed by atoms with van der Waals surface area (Å²) in [6.07, 6.45) is -0.226. The van der Waals surface area contributed by atoms with Crippen LogP contribution in [-0.2, 0) is 4.79 Å². The van der Waals surface area contributed by atoms with Crippen LogP contribution < -0.4 is 4.74 Å². The summed E-state index contributed by atoms with van der Waals surface area (Å²) in [4.78, 5) is 10.8. The third-order valence-corrected chi connectivity index (χ3v) is 3.45. The van der Waals surface area contributed by atoms with Gasteiger partial charge in [0.05, 0.1) is 19.6 Å². The third-order valence-electron chi connectivity index (χ3n) is 3.45. The third kappa shape index (κ3) is 4.23. The number of ether oxygens (including phenoxy) is 1. The highest BCUT2D eigenvalue weighted by Gasteiger charge is 2.26. The number of hydrogen-bond donors (Lipinski definition) is 2. The van der Waals surface area contributed by atoms with Crippen LogP contribution in [0, 0.1) is 19.3 Å². The van der Waals surface area contributed by atoms with E-state index >= 15 is 0 Å². The van der Waals surface area contributed by atoms with Crippen molar-refractivity contribution in [1.29, 1.82) is 0 Å². The lowest BCUT2D eigenvalue weighted by Crippen LogP contribution is -2.20. The van der Waals surface area contributed by atoms with Gasteiger partial charge in [-0.3, -0.25) is 4.79 Å². The molecule has 1 unspecified atom stereocenters. The molecule has 4 nitrogen and oxygen atoms in total. The van der Waals surface area contributed by atoms with Gasteiger partial charge in [-0.15, -0.1) is 0 Å². The molecule has 0 spiro atoms. The zero-order valence-electron chi connectivity index (χ0n) is 12.9. The highest BCUT2D eigenvalue weighted by molar-refractivity contribution is 5.67. The van der Waals surface area contributed by atoms with Gasteiger partial charge in [0.15, 0.2) is 0 Å². The van der Waals surface area contributed by atoms with Crippen molar-refractivity contribution in [3.05, 3.63) is 28.8 Å². The quantitative estimate of drug-likeness (QED) is 0.839. The van der Waals surface area contributed by atoms with E-state index in [0.717, 1.165) is 22.4 Å². The van der Waals surface area contributed by atoms with Crippen molar-refractivity contribution in [3.8, 4) is 5.75 Å². The smallest absolute Gasteiger partial charge is 0.303 e. The Hall–Kier alpha value is -1.55. The van der Waals surface area contributed by atoms with E-state index in [4.69, 9.17) is 9.84 Å². The number of hydrogen-bond acceptors (Lipinski definition) is 3. The first-order valence-corrected chi connectivity index (χ1v) is 6.71. The fraction of sp³-hybridized carbons (Fsp3) is 0.562. The molecule has 1 aromatic carbocycles. The maximum atomic E-state index is 10.8. The molecule has 2 N–H and O–H groups in total. The van der Waals surface area contributed by atoms with Gasteiger partial charge in [-0.25, -0.2) is 0 Å². The zero-order valence-corrected chi connectivity index (χ0v) is 12.9. The standard InChI is InChI=1S/C16H24O4/c1-10-6-12(7-11(2)15(10)20-5)13(17)8-16(3,4)9-14(18)19/h6-7,13,17H,8-9H2,1-5H3,(H,18,19). The number of carboxylic acids is 1. The van der Waals surface area contributed by atoms with Crippen molar-refractivity contribution < 1.29 is 19.7 Å². The maximum Gasteiger partial charge on any atom is 0.303 e. The molecule has 112 valence electrons. The van der Waals surface area contributed by atoms with Crippen LogP contribution in [0.1, 0.15) is 49.5 Å². The SMILES string of the molecule is COc1c(C)cc(C(O)CC(C)(C)CC(=O)O)cc1C. The van der Waals surface area contributed by atoms with E-state index in [9.17, 15) is 9.90 Å². The van der Waals surface area contributed by atoms with Crippen LogP contribution in [0.15, 0.2) is 12.1 Å². The highest BCUT2D eigenvalue weighted by atomic mass is 16.5. The summed E-state index contributed by atoms with van der Waals surface area (Å²) >= 11 is 0. The number of aryl methyl sites for hydroxylation is 2. The van der Waals surface area contributed by atoms with Gasteiger partial charge in [-0.05, 0) is 54.5 Å². The first kappa shape index (κ1) is 16.5. The molecule has 4 heteroatoms. The van der Waals surface area contributed by atoms with Crippen LogP contribution in [0.5, 0.6) is 5.75 Å². The molecule has 0 saturated carbocycles. The van der Waals surface area contributed by atoms with Crippen molar-refractivity contribution in [2.24, 2.45) is 5.41 Å². The molecule has 0 aliphatic carbocycles. The Morgan fingerprint density at radius 2 is 1.80 bits per heavy atom. The molecule has 0 aliphatic rings. The minimum atomic E-state index is -0.843. The molecular formula is C16H24O4. The summed E-state index contributed by atoms with van der Waals surface area (Å²) in [5.41, 5.74) is 2.29. The van der Waals surface area contributed by atoms with Gasteiger partial charge in [-0.1, -0.05) is 13.8 Å². The summed E-state index contributed by atoms with van der Waals surface area (Å²) in [5, 5.41) is 19.2. The Balaban J connectivity index is 2.93. The van der Waals surface area contributed by atoms with Crippen molar-refractivity contribution in [1.82, 2.24) is 0 Å². The number of carboxylic acid groups (broad SMARTS) is 1. The minimum Gasteiger partial charge on any atom is -0.496 e. The van der Waals surface area contributed by atoms with Crippen LogP contribution in [0.4, 0.5) is 0 Å². The van der Waals surface area contributed by atoms with E-state index in [2.05, 4.69) is 0 Å². The minimum absolute atomic E-state index is 0.0399. The van der Waals surface area contributed by atoms with Gasteiger partial charge in [-0.2, -0.15) is 0 Å². The lowest BCUT2D eigenvalue weighted by Gasteiger charge is -2.26. The summed E-state index contributed by atoms with van der Waals surface area (Å²) in [6, 6.07) is 3.79. The van der Waals surface area contributed by atoms with Crippen molar-refractivity contribution in [3.63, 3.8) is 0 Å². The van der Waals surface area contributed by atoms with E-state index < -0.39 is 17.5 Å². The molecule has 0 fully saturated rings. The second kappa shape index (κ2) is 6.27. The Morgan fingerprint density at radius 3 is 2.20 bits per heavy atom. The highest BCUT2D eigenvalue weighted by Crippen LogP contribution is 2.35. The second-order valence-electron chi connectivity index (χ2n) is 6.14. The van der Waals surface area contributed by atoms with E-state index in [1.807, 2.05) is 39.8 Å². The number of aliphatic carboxylic acids is 1. The second-order valence-corrected chi connectivity index (χ2v) is 6.14. The van der Waals surface area contributed by atoms with Gasteiger partial charge < -0.3 is 14.9 Å². The molecule has 20 heavy (non-hydrogen) atoms. The summed E-state index contributed by atoms with van der Waals surface area (Å²) in [5.74, 6) is -0.0185. The Morgan fingerprint density at radius 1 is 1.30 bits per heavy atom. The normalized spacial score (nSPS) is 13.1. The van der Waals surface area contributed by atoms with Gasteiger partial charge in [0.2, 0.25) is 0 Å². The van der Waals surface area contributed by atoms with Crippen LogP contribution in [0.2, 0.25) is 0 Å². The lowest BCUT2D eigenvalue weighted by atomic mass is 9.81. The first-order valence-electron chi connectivity index (χ1n) is 6.71. The molecule has 0 aliphatic heterocycles. The molecule has 1 atom stereocenters. The molecule has 1 aromatic rings. The number of benzene rings is 1. The average molecular weight is 280 g/mol. The van der Waals surface area contributed by atoms with E-state index in [1.165, 1.54) is 0 Å². The average Bonchev–Trinajstić information content (AvgIpc) is 2.25. The number of methoxy groups -OCH3 is 1. The Bertz CT molecular complexity index is 468. The number of aliphatic hydroxyl groups is 1. The molecular weight excluding hydrogens is 256 g/mol. The first-order chi connectivity index (χ1) is 9.16. The zero-order chi connectivity index (χ0) is 15.5. The number of carbonyl (C=O) groups is 1. The Kier molecular flexibility index (Phi) is 5.17. The predicted molar refractivity (Wildman–Crippen MR) is 78.1 cm³/mol. The summed E-state index contributed by atoms with van der Waals surface area (Å²) in [7, 11) is 1.63. The largest absolute Gasteiger partial charge is 0.496 e. The van der Waals surface area contributed by atoms with Gasteiger partial charge in [0.1, 0.15) is 5.75 Å². The van der Waals surface area contributed by atoms with Gasteiger partial charge >= 0.3 is 5.97 Å².